The molecule has 0 unspecified atom stereocenters. The minimum atomic E-state index is 0.529. The highest BCUT2D eigenvalue weighted by Gasteiger charge is 1.98. The molecule has 0 saturated heterocycles. The summed E-state index contributed by atoms with van der Waals surface area (Å²) in [4.78, 5) is 4.03. The number of rotatable bonds is 5. The van der Waals surface area contributed by atoms with Crippen LogP contribution >= 0.6 is 0 Å². The van der Waals surface area contributed by atoms with E-state index < -0.39 is 0 Å². The Morgan fingerprint density at radius 3 is 2.06 bits per heavy atom. The molecule has 1 N–H and O–H groups in total. The molecule has 0 atom stereocenters. The zero-order valence-electron chi connectivity index (χ0n) is 11.1. The minimum Gasteiger partial charge on any atom is -0.310 e. The molecular formula is C16H20N2. The van der Waals surface area contributed by atoms with Crippen LogP contribution in [0.2, 0.25) is 0 Å². The number of aromatic nitrogens is 1. The zero-order valence-corrected chi connectivity index (χ0v) is 11.1. The van der Waals surface area contributed by atoms with Crippen molar-refractivity contribution in [2.75, 3.05) is 0 Å². The highest BCUT2D eigenvalue weighted by molar-refractivity contribution is 5.27. The summed E-state index contributed by atoms with van der Waals surface area (Å²) < 4.78 is 0. The monoisotopic (exact) mass is 240 g/mol. The molecule has 0 aliphatic rings. The summed E-state index contributed by atoms with van der Waals surface area (Å²) in [5, 5.41) is 3.42. The van der Waals surface area contributed by atoms with Crippen LogP contribution in [0.3, 0.4) is 0 Å². The fourth-order valence-corrected chi connectivity index (χ4v) is 1.83. The second-order valence-corrected chi connectivity index (χ2v) is 4.88. The van der Waals surface area contributed by atoms with E-state index in [0.29, 0.717) is 6.04 Å². The number of nitrogens with zero attached hydrogens (tertiary/aromatic N) is 1. The molecule has 1 aromatic carbocycles. The van der Waals surface area contributed by atoms with E-state index in [-0.39, 0.29) is 0 Å². The topological polar surface area (TPSA) is 24.9 Å². The number of hydrogen-bond acceptors (Lipinski definition) is 2. The highest BCUT2D eigenvalue weighted by Crippen LogP contribution is 2.10. The zero-order chi connectivity index (χ0) is 12.8. The Hall–Kier alpha value is -1.67. The van der Waals surface area contributed by atoms with Crippen LogP contribution in [0.15, 0.2) is 48.8 Å². The van der Waals surface area contributed by atoms with E-state index in [0.717, 1.165) is 13.0 Å². The maximum Gasteiger partial charge on any atom is 0.0270 e. The van der Waals surface area contributed by atoms with Gasteiger partial charge in [0, 0.05) is 25.0 Å². The molecule has 0 aliphatic heterocycles. The molecule has 0 saturated carbocycles. The SMILES string of the molecule is CC(C)NCc1ccc(Cc2ccncc2)cc1. The fraction of sp³-hybridized carbons (Fsp3) is 0.312. The van der Waals surface area contributed by atoms with Gasteiger partial charge in [-0.25, -0.2) is 0 Å². The summed E-state index contributed by atoms with van der Waals surface area (Å²) in [6, 6.07) is 13.5. The summed E-state index contributed by atoms with van der Waals surface area (Å²) in [6.45, 7) is 5.27. The van der Waals surface area contributed by atoms with Gasteiger partial charge in [-0.1, -0.05) is 38.1 Å². The molecule has 0 radical (unpaired) electrons. The molecule has 0 bridgehead atoms. The van der Waals surface area contributed by atoms with Crippen molar-refractivity contribution in [2.45, 2.75) is 32.9 Å². The summed E-state index contributed by atoms with van der Waals surface area (Å²) in [5.74, 6) is 0. The lowest BCUT2D eigenvalue weighted by Crippen LogP contribution is -2.21. The smallest absolute Gasteiger partial charge is 0.0270 e. The molecule has 94 valence electrons. The van der Waals surface area contributed by atoms with Crippen molar-refractivity contribution in [2.24, 2.45) is 0 Å². The molecule has 2 nitrogen and oxygen atoms in total. The summed E-state index contributed by atoms with van der Waals surface area (Å²) in [7, 11) is 0. The molecule has 2 heteroatoms. The average Bonchev–Trinajstić information content (AvgIpc) is 2.39. The first-order valence-corrected chi connectivity index (χ1v) is 6.44. The van der Waals surface area contributed by atoms with Crippen LogP contribution in [0.4, 0.5) is 0 Å². The Labute approximate surface area is 109 Å². The van der Waals surface area contributed by atoms with Crippen molar-refractivity contribution in [3.05, 3.63) is 65.5 Å². The second kappa shape index (κ2) is 6.31. The van der Waals surface area contributed by atoms with E-state index in [9.17, 15) is 0 Å². The molecule has 1 heterocycles. The summed E-state index contributed by atoms with van der Waals surface area (Å²) in [5.41, 5.74) is 3.98. The van der Waals surface area contributed by atoms with Crippen molar-refractivity contribution in [3.63, 3.8) is 0 Å². The van der Waals surface area contributed by atoms with Gasteiger partial charge < -0.3 is 5.32 Å². The van der Waals surface area contributed by atoms with Crippen LogP contribution < -0.4 is 5.32 Å². The van der Waals surface area contributed by atoms with Crippen LogP contribution in [0.1, 0.15) is 30.5 Å². The Kier molecular flexibility index (Phi) is 4.48. The molecule has 1 aromatic heterocycles. The number of pyridine rings is 1. The molecule has 0 amide bonds. The maximum absolute atomic E-state index is 4.03. The van der Waals surface area contributed by atoms with E-state index >= 15 is 0 Å². The van der Waals surface area contributed by atoms with E-state index in [1.807, 2.05) is 12.4 Å². The van der Waals surface area contributed by atoms with Gasteiger partial charge in [-0.15, -0.1) is 0 Å². The Balaban J connectivity index is 1.95. The maximum atomic E-state index is 4.03. The van der Waals surface area contributed by atoms with Gasteiger partial charge in [0.2, 0.25) is 0 Å². The minimum absolute atomic E-state index is 0.529. The third-order valence-corrected chi connectivity index (χ3v) is 2.90. The van der Waals surface area contributed by atoms with Gasteiger partial charge in [0.1, 0.15) is 0 Å². The predicted molar refractivity (Wildman–Crippen MR) is 75.5 cm³/mol. The van der Waals surface area contributed by atoms with Gasteiger partial charge in [0.05, 0.1) is 0 Å². The van der Waals surface area contributed by atoms with Crippen molar-refractivity contribution in [1.29, 1.82) is 0 Å². The van der Waals surface area contributed by atoms with Gasteiger partial charge in [-0.3, -0.25) is 4.98 Å². The number of hydrogen-bond donors (Lipinski definition) is 1. The van der Waals surface area contributed by atoms with Crippen LogP contribution in [0.5, 0.6) is 0 Å². The largest absolute Gasteiger partial charge is 0.310 e. The van der Waals surface area contributed by atoms with E-state index in [2.05, 4.69) is 60.5 Å². The van der Waals surface area contributed by atoms with Crippen molar-refractivity contribution >= 4 is 0 Å². The normalized spacial score (nSPS) is 10.8. The van der Waals surface area contributed by atoms with Crippen molar-refractivity contribution in [1.82, 2.24) is 10.3 Å². The van der Waals surface area contributed by atoms with Crippen LogP contribution in [0, 0.1) is 0 Å². The lowest BCUT2D eigenvalue weighted by Gasteiger charge is -2.08. The van der Waals surface area contributed by atoms with Crippen LogP contribution in [-0.2, 0) is 13.0 Å². The summed E-state index contributed by atoms with van der Waals surface area (Å²) >= 11 is 0. The first kappa shape index (κ1) is 12.8. The number of nitrogens with one attached hydrogen (secondary N) is 1. The van der Waals surface area contributed by atoms with Gasteiger partial charge in [0.25, 0.3) is 0 Å². The first-order valence-electron chi connectivity index (χ1n) is 6.44. The van der Waals surface area contributed by atoms with E-state index in [4.69, 9.17) is 0 Å². The molecule has 18 heavy (non-hydrogen) atoms. The van der Waals surface area contributed by atoms with Crippen molar-refractivity contribution in [3.8, 4) is 0 Å². The molecule has 0 fully saturated rings. The van der Waals surface area contributed by atoms with E-state index in [1.54, 1.807) is 0 Å². The predicted octanol–water partition coefficient (Wildman–Crippen LogP) is 3.17. The lowest BCUT2D eigenvalue weighted by atomic mass is 10.0. The fourth-order valence-electron chi connectivity index (χ4n) is 1.83. The standard InChI is InChI=1S/C16H20N2/c1-13(2)18-12-16-5-3-14(4-6-16)11-15-7-9-17-10-8-15/h3-10,13,18H,11-12H2,1-2H3. The van der Waals surface area contributed by atoms with Gasteiger partial charge in [-0.2, -0.15) is 0 Å². The van der Waals surface area contributed by atoms with Gasteiger partial charge in [0.15, 0.2) is 0 Å². The third-order valence-electron chi connectivity index (χ3n) is 2.90. The third kappa shape index (κ3) is 3.97. The lowest BCUT2D eigenvalue weighted by molar-refractivity contribution is 0.589. The Morgan fingerprint density at radius 1 is 0.889 bits per heavy atom. The van der Waals surface area contributed by atoms with Gasteiger partial charge in [-0.05, 0) is 35.2 Å². The Morgan fingerprint density at radius 2 is 1.44 bits per heavy atom. The molecule has 2 rings (SSSR count). The highest BCUT2D eigenvalue weighted by atomic mass is 14.9. The second-order valence-electron chi connectivity index (χ2n) is 4.88. The average molecular weight is 240 g/mol. The summed E-state index contributed by atoms with van der Waals surface area (Å²) in [6.07, 6.45) is 4.66. The molecule has 0 aliphatic carbocycles. The molecular weight excluding hydrogens is 220 g/mol. The van der Waals surface area contributed by atoms with Crippen molar-refractivity contribution < 1.29 is 0 Å². The van der Waals surface area contributed by atoms with Crippen LogP contribution in [0.25, 0.3) is 0 Å². The van der Waals surface area contributed by atoms with Gasteiger partial charge >= 0.3 is 0 Å². The first-order chi connectivity index (χ1) is 8.74. The van der Waals surface area contributed by atoms with E-state index in [1.165, 1.54) is 16.7 Å². The molecule has 0 spiro atoms. The number of benzene rings is 1. The van der Waals surface area contributed by atoms with Crippen LogP contribution in [-0.4, -0.2) is 11.0 Å². The Bertz CT molecular complexity index is 460. The molecule has 2 aromatic rings. The quantitative estimate of drug-likeness (QED) is 0.868.